The van der Waals surface area contributed by atoms with Crippen molar-refractivity contribution in [3.63, 3.8) is 0 Å². The standard InChI is InChI=1S/C17H18N6O/c1-9(2)23-17-14(16(18)19-8-20-17)15(22-23)13-6-10-4-5-11(24-3)7-12(10)21-13/h4-9,21H,1-3H3,(H2,18,19,20). The fourth-order valence-electron chi connectivity index (χ4n) is 2.90. The summed E-state index contributed by atoms with van der Waals surface area (Å²) in [5.74, 6) is 1.23. The molecular formula is C17H18N6O. The molecule has 0 unspecified atom stereocenters. The van der Waals surface area contributed by atoms with Crippen LogP contribution in [0.4, 0.5) is 5.82 Å². The summed E-state index contributed by atoms with van der Waals surface area (Å²) in [5, 5.41) is 6.57. The van der Waals surface area contributed by atoms with Gasteiger partial charge in [0.25, 0.3) is 0 Å². The maximum Gasteiger partial charge on any atom is 0.164 e. The molecule has 1 aromatic carbocycles. The van der Waals surface area contributed by atoms with E-state index in [9.17, 15) is 0 Å². The molecule has 3 aromatic heterocycles. The van der Waals surface area contributed by atoms with Gasteiger partial charge in [0.15, 0.2) is 5.65 Å². The molecule has 4 rings (SSSR count). The SMILES string of the molecule is COc1ccc2cc(-c3nn(C(C)C)c4ncnc(N)c34)[nH]c2c1. The van der Waals surface area contributed by atoms with E-state index in [1.165, 1.54) is 6.33 Å². The van der Waals surface area contributed by atoms with Crippen LogP contribution in [-0.2, 0) is 0 Å². The van der Waals surface area contributed by atoms with E-state index in [1.54, 1.807) is 7.11 Å². The number of aromatic nitrogens is 5. The average Bonchev–Trinajstić information content (AvgIpc) is 3.15. The molecule has 0 spiro atoms. The van der Waals surface area contributed by atoms with Crippen LogP contribution in [0.5, 0.6) is 5.75 Å². The van der Waals surface area contributed by atoms with Crippen LogP contribution in [0.3, 0.4) is 0 Å². The topological polar surface area (TPSA) is 94.6 Å². The fourth-order valence-corrected chi connectivity index (χ4v) is 2.90. The van der Waals surface area contributed by atoms with Crippen molar-refractivity contribution in [3.05, 3.63) is 30.6 Å². The quantitative estimate of drug-likeness (QED) is 0.604. The summed E-state index contributed by atoms with van der Waals surface area (Å²) in [4.78, 5) is 11.9. The third-order valence-corrected chi connectivity index (χ3v) is 4.09. The second-order valence-corrected chi connectivity index (χ2v) is 5.98. The first-order valence-corrected chi connectivity index (χ1v) is 7.74. The lowest BCUT2D eigenvalue weighted by atomic mass is 10.2. The molecule has 0 bridgehead atoms. The first kappa shape index (κ1) is 14.5. The van der Waals surface area contributed by atoms with Crippen molar-refractivity contribution in [2.24, 2.45) is 0 Å². The van der Waals surface area contributed by atoms with Crippen molar-refractivity contribution in [3.8, 4) is 17.1 Å². The smallest absolute Gasteiger partial charge is 0.164 e. The molecule has 4 aromatic rings. The number of fused-ring (bicyclic) bond motifs is 2. The van der Waals surface area contributed by atoms with Gasteiger partial charge in [-0.1, -0.05) is 0 Å². The zero-order chi connectivity index (χ0) is 16.8. The number of hydrogen-bond acceptors (Lipinski definition) is 5. The van der Waals surface area contributed by atoms with E-state index in [-0.39, 0.29) is 6.04 Å². The molecule has 7 nitrogen and oxygen atoms in total. The number of H-pyrrole nitrogens is 1. The molecule has 0 amide bonds. The van der Waals surface area contributed by atoms with E-state index in [4.69, 9.17) is 15.6 Å². The van der Waals surface area contributed by atoms with Gasteiger partial charge in [-0.3, -0.25) is 0 Å². The van der Waals surface area contributed by atoms with Gasteiger partial charge in [0.2, 0.25) is 0 Å². The Hall–Kier alpha value is -3.09. The number of rotatable bonds is 3. The van der Waals surface area contributed by atoms with Gasteiger partial charge in [-0.15, -0.1) is 0 Å². The van der Waals surface area contributed by atoms with Crippen molar-refractivity contribution in [1.82, 2.24) is 24.7 Å². The van der Waals surface area contributed by atoms with E-state index in [0.717, 1.165) is 39.1 Å². The Morgan fingerprint density at radius 3 is 2.79 bits per heavy atom. The van der Waals surface area contributed by atoms with Crippen LogP contribution < -0.4 is 10.5 Å². The monoisotopic (exact) mass is 322 g/mol. The van der Waals surface area contributed by atoms with Crippen molar-refractivity contribution >= 4 is 27.8 Å². The highest BCUT2D eigenvalue weighted by atomic mass is 16.5. The summed E-state index contributed by atoms with van der Waals surface area (Å²) in [7, 11) is 1.65. The van der Waals surface area contributed by atoms with Crippen LogP contribution in [0, 0.1) is 0 Å². The first-order valence-electron chi connectivity index (χ1n) is 7.74. The molecule has 0 atom stereocenters. The number of nitrogens with zero attached hydrogens (tertiary/aromatic N) is 4. The van der Waals surface area contributed by atoms with Crippen molar-refractivity contribution in [2.75, 3.05) is 12.8 Å². The molecule has 3 N–H and O–H groups in total. The van der Waals surface area contributed by atoms with Crippen LogP contribution in [-0.4, -0.2) is 31.8 Å². The van der Waals surface area contributed by atoms with Gasteiger partial charge in [0.05, 0.1) is 18.2 Å². The third-order valence-electron chi connectivity index (χ3n) is 4.09. The van der Waals surface area contributed by atoms with E-state index in [0.29, 0.717) is 5.82 Å². The van der Waals surface area contributed by atoms with Gasteiger partial charge in [-0.25, -0.2) is 14.6 Å². The molecule has 0 saturated carbocycles. The summed E-state index contributed by atoms with van der Waals surface area (Å²) < 4.78 is 7.15. The number of hydrogen-bond donors (Lipinski definition) is 2. The summed E-state index contributed by atoms with van der Waals surface area (Å²) in [5.41, 5.74) is 9.46. The minimum Gasteiger partial charge on any atom is -0.497 e. The first-order chi connectivity index (χ1) is 11.6. The van der Waals surface area contributed by atoms with E-state index < -0.39 is 0 Å². The molecule has 0 fully saturated rings. The van der Waals surface area contributed by atoms with Crippen molar-refractivity contribution in [2.45, 2.75) is 19.9 Å². The normalized spacial score (nSPS) is 11.7. The highest BCUT2D eigenvalue weighted by Gasteiger charge is 2.19. The molecule has 24 heavy (non-hydrogen) atoms. The van der Waals surface area contributed by atoms with Gasteiger partial charge < -0.3 is 15.5 Å². The molecule has 0 aliphatic heterocycles. The van der Waals surface area contributed by atoms with Gasteiger partial charge in [0.1, 0.15) is 23.6 Å². The van der Waals surface area contributed by atoms with Gasteiger partial charge in [-0.05, 0) is 32.0 Å². The summed E-state index contributed by atoms with van der Waals surface area (Å²) >= 11 is 0. The lowest BCUT2D eigenvalue weighted by molar-refractivity contribution is 0.415. The average molecular weight is 322 g/mol. The Labute approximate surface area is 138 Å². The number of nitrogens with one attached hydrogen (secondary N) is 1. The molecule has 0 saturated heterocycles. The Kier molecular flexibility index (Phi) is 3.16. The molecule has 0 aliphatic carbocycles. The molecular weight excluding hydrogens is 304 g/mol. The van der Waals surface area contributed by atoms with Gasteiger partial charge in [0, 0.05) is 23.0 Å². The maximum atomic E-state index is 6.11. The largest absolute Gasteiger partial charge is 0.497 e. The number of anilines is 1. The maximum absolute atomic E-state index is 6.11. The van der Waals surface area contributed by atoms with Crippen LogP contribution in [0.1, 0.15) is 19.9 Å². The zero-order valence-electron chi connectivity index (χ0n) is 13.7. The number of nitrogens with two attached hydrogens (primary N) is 1. The zero-order valence-corrected chi connectivity index (χ0v) is 13.7. The lowest BCUT2D eigenvalue weighted by Crippen LogP contribution is -2.04. The number of methoxy groups -OCH3 is 1. The van der Waals surface area contributed by atoms with E-state index in [1.807, 2.05) is 28.9 Å². The predicted molar refractivity (Wildman–Crippen MR) is 94.0 cm³/mol. The minimum atomic E-state index is 0.167. The predicted octanol–water partition coefficient (Wildman–Crippen LogP) is 3.15. The molecule has 7 heteroatoms. The van der Waals surface area contributed by atoms with Crippen molar-refractivity contribution < 1.29 is 4.74 Å². The lowest BCUT2D eigenvalue weighted by Gasteiger charge is -2.05. The Morgan fingerprint density at radius 2 is 2.04 bits per heavy atom. The minimum absolute atomic E-state index is 0.167. The van der Waals surface area contributed by atoms with Crippen LogP contribution in [0.25, 0.3) is 33.3 Å². The molecule has 122 valence electrons. The number of nitrogen functional groups attached to an aromatic ring is 1. The molecule has 0 radical (unpaired) electrons. The van der Waals surface area contributed by atoms with E-state index >= 15 is 0 Å². The summed E-state index contributed by atoms with van der Waals surface area (Å²) in [6, 6.07) is 8.12. The van der Waals surface area contributed by atoms with Crippen LogP contribution in [0.15, 0.2) is 30.6 Å². The summed E-state index contributed by atoms with van der Waals surface area (Å²) in [6.07, 6.45) is 1.47. The fraction of sp³-hybridized carbons (Fsp3) is 0.235. The Bertz CT molecular complexity index is 1050. The van der Waals surface area contributed by atoms with Crippen molar-refractivity contribution in [1.29, 1.82) is 0 Å². The van der Waals surface area contributed by atoms with E-state index in [2.05, 4.69) is 28.8 Å². The second-order valence-electron chi connectivity index (χ2n) is 5.98. The highest BCUT2D eigenvalue weighted by molar-refractivity contribution is 6.00. The summed E-state index contributed by atoms with van der Waals surface area (Å²) in [6.45, 7) is 4.12. The number of aromatic amines is 1. The third kappa shape index (κ3) is 2.09. The van der Waals surface area contributed by atoms with Gasteiger partial charge >= 0.3 is 0 Å². The second kappa shape index (κ2) is 5.23. The Balaban J connectivity index is 1.99. The number of ether oxygens (including phenoxy) is 1. The van der Waals surface area contributed by atoms with Crippen LogP contribution in [0.2, 0.25) is 0 Å². The Morgan fingerprint density at radius 1 is 1.21 bits per heavy atom. The molecule has 3 heterocycles. The number of benzene rings is 1. The molecule has 0 aliphatic rings. The highest BCUT2D eigenvalue weighted by Crippen LogP contribution is 2.33. The van der Waals surface area contributed by atoms with Gasteiger partial charge in [-0.2, -0.15) is 5.10 Å². The van der Waals surface area contributed by atoms with Crippen LogP contribution >= 0.6 is 0 Å².